The Balaban J connectivity index is 1.88. The minimum Gasteiger partial charge on any atom is -0.377 e. The monoisotopic (exact) mass is 227 g/mol. The fourth-order valence-electron chi connectivity index (χ4n) is 3.07. The van der Waals surface area contributed by atoms with Gasteiger partial charge in [0.1, 0.15) is 0 Å². The third-order valence-corrected chi connectivity index (χ3v) is 4.31. The molecule has 1 aliphatic heterocycles. The minimum atomic E-state index is 0.168. The van der Waals surface area contributed by atoms with Gasteiger partial charge in [0.05, 0.1) is 11.7 Å². The molecule has 1 aliphatic carbocycles. The van der Waals surface area contributed by atoms with Gasteiger partial charge in [-0.25, -0.2) is 0 Å². The minimum absolute atomic E-state index is 0.168. The van der Waals surface area contributed by atoms with Crippen LogP contribution in [0.15, 0.2) is 0 Å². The summed E-state index contributed by atoms with van der Waals surface area (Å²) < 4.78 is 11.5. The van der Waals surface area contributed by atoms with Crippen molar-refractivity contribution < 1.29 is 9.47 Å². The first-order chi connectivity index (χ1) is 7.67. The van der Waals surface area contributed by atoms with E-state index in [9.17, 15) is 0 Å². The van der Waals surface area contributed by atoms with E-state index in [-0.39, 0.29) is 17.7 Å². The lowest BCUT2D eigenvalue weighted by Gasteiger charge is -2.48. The van der Waals surface area contributed by atoms with Crippen LogP contribution in [-0.2, 0) is 9.47 Å². The summed E-state index contributed by atoms with van der Waals surface area (Å²) in [6, 6.07) is 0.168. The lowest BCUT2D eigenvalue weighted by atomic mass is 9.70. The van der Waals surface area contributed by atoms with Gasteiger partial charge in [0, 0.05) is 19.3 Å². The summed E-state index contributed by atoms with van der Waals surface area (Å²) in [4.78, 5) is 0. The summed E-state index contributed by atoms with van der Waals surface area (Å²) >= 11 is 0. The molecule has 2 rings (SSSR count). The summed E-state index contributed by atoms with van der Waals surface area (Å²) in [7, 11) is 0. The van der Waals surface area contributed by atoms with Gasteiger partial charge < -0.3 is 15.2 Å². The molecule has 16 heavy (non-hydrogen) atoms. The zero-order chi connectivity index (χ0) is 11.6. The third kappa shape index (κ3) is 2.41. The number of hydrogen-bond donors (Lipinski definition) is 1. The smallest absolute Gasteiger partial charge is 0.0700 e. The second-order valence-electron chi connectivity index (χ2n) is 5.38. The van der Waals surface area contributed by atoms with Gasteiger partial charge in [-0.2, -0.15) is 0 Å². The molecule has 1 saturated carbocycles. The third-order valence-electron chi connectivity index (χ3n) is 4.31. The molecule has 3 atom stereocenters. The molecule has 2 aliphatic rings. The first-order valence-electron chi connectivity index (χ1n) is 6.68. The summed E-state index contributed by atoms with van der Waals surface area (Å²) in [5.74, 6) is 0.579. The number of rotatable bonds is 4. The van der Waals surface area contributed by atoms with E-state index in [0.717, 1.165) is 26.1 Å². The van der Waals surface area contributed by atoms with Crippen molar-refractivity contribution in [2.45, 2.75) is 63.7 Å². The van der Waals surface area contributed by atoms with Crippen molar-refractivity contribution in [2.75, 3.05) is 13.2 Å². The van der Waals surface area contributed by atoms with E-state index in [1.807, 2.05) is 6.92 Å². The normalized spacial score (nSPS) is 32.1. The van der Waals surface area contributed by atoms with E-state index >= 15 is 0 Å². The molecule has 0 aromatic heterocycles. The van der Waals surface area contributed by atoms with Crippen LogP contribution in [0, 0.1) is 5.92 Å². The molecule has 0 aromatic rings. The van der Waals surface area contributed by atoms with Gasteiger partial charge in [0.25, 0.3) is 0 Å². The van der Waals surface area contributed by atoms with Crippen LogP contribution < -0.4 is 5.73 Å². The zero-order valence-corrected chi connectivity index (χ0v) is 10.6. The second-order valence-corrected chi connectivity index (χ2v) is 5.38. The molecular formula is C13H25NO2. The van der Waals surface area contributed by atoms with Crippen molar-refractivity contribution in [1.29, 1.82) is 0 Å². The topological polar surface area (TPSA) is 44.5 Å². The van der Waals surface area contributed by atoms with Crippen molar-refractivity contribution in [3.63, 3.8) is 0 Å². The molecule has 1 heterocycles. The molecule has 0 bridgehead atoms. The van der Waals surface area contributed by atoms with Crippen LogP contribution in [0.1, 0.15) is 46.0 Å². The Morgan fingerprint density at radius 1 is 1.50 bits per heavy atom. The Morgan fingerprint density at radius 3 is 2.81 bits per heavy atom. The van der Waals surface area contributed by atoms with Crippen LogP contribution in [-0.4, -0.2) is 31.0 Å². The number of hydrogen-bond acceptors (Lipinski definition) is 3. The Bertz CT molecular complexity index is 228. The predicted octanol–water partition coefficient (Wildman–Crippen LogP) is 2.09. The first-order valence-corrected chi connectivity index (χ1v) is 6.68. The van der Waals surface area contributed by atoms with Crippen LogP contribution in [0.5, 0.6) is 0 Å². The lowest BCUT2D eigenvalue weighted by Crippen LogP contribution is -2.52. The standard InChI is InChI=1S/C13H25NO2/c1-3-15-10(2)12(14)11-5-8-16-13(9-11)6-4-7-13/h10-12H,3-9,14H2,1-2H3. The lowest BCUT2D eigenvalue weighted by molar-refractivity contribution is -0.150. The quantitative estimate of drug-likeness (QED) is 0.800. The van der Waals surface area contributed by atoms with E-state index in [4.69, 9.17) is 15.2 Å². The van der Waals surface area contributed by atoms with Crippen LogP contribution >= 0.6 is 0 Å². The van der Waals surface area contributed by atoms with Crippen molar-refractivity contribution in [2.24, 2.45) is 11.7 Å². The van der Waals surface area contributed by atoms with Crippen LogP contribution in [0.25, 0.3) is 0 Å². The van der Waals surface area contributed by atoms with Gasteiger partial charge in [-0.1, -0.05) is 0 Å². The molecule has 3 heteroatoms. The Labute approximate surface area is 98.7 Å². The summed E-state index contributed by atoms with van der Waals surface area (Å²) in [5, 5.41) is 0. The molecule has 2 N–H and O–H groups in total. The highest BCUT2D eigenvalue weighted by molar-refractivity contribution is 4.96. The van der Waals surface area contributed by atoms with Crippen molar-refractivity contribution in [3.05, 3.63) is 0 Å². The maximum Gasteiger partial charge on any atom is 0.0700 e. The molecule has 3 nitrogen and oxygen atoms in total. The van der Waals surface area contributed by atoms with Crippen LogP contribution in [0.4, 0.5) is 0 Å². The van der Waals surface area contributed by atoms with Gasteiger partial charge in [-0.15, -0.1) is 0 Å². The van der Waals surface area contributed by atoms with E-state index in [1.165, 1.54) is 19.3 Å². The van der Waals surface area contributed by atoms with Crippen molar-refractivity contribution in [3.8, 4) is 0 Å². The summed E-state index contributed by atoms with van der Waals surface area (Å²) in [5.41, 5.74) is 6.50. The fourth-order valence-corrected chi connectivity index (χ4v) is 3.07. The van der Waals surface area contributed by atoms with Crippen molar-refractivity contribution in [1.82, 2.24) is 0 Å². The maximum atomic E-state index is 6.30. The SMILES string of the molecule is CCOC(C)C(N)C1CCOC2(CCC2)C1. The Hall–Kier alpha value is -0.120. The van der Waals surface area contributed by atoms with Gasteiger partial charge in [-0.05, 0) is 51.9 Å². The molecule has 94 valence electrons. The predicted molar refractivity (Wildman–Crippen MR) is 64.3 cm³/mol. The molecule has 0 radical (unpaired) electrons. The number of ether oxygens (including phenoxy) is 2. The average molecular weight is 227 g/mol. The Morgan fingerprint density at radius 2 is 2.25 bits per heavy atom. The molecular weight excluding hydrogens is 202 g/mol. The Kier molecular flexibility index (Phi) is 3.88. The van der Waals surface area contributed by atoms with E-state index < -0.39 is 0 Å². The van der Waals surface area contributed by atoms with Gasteiger partial charge in [0.2, 0.25) is 0 Å². The van der Waals surface area contributed by atoms with Gasteiger partial charge >= 0.3 is 0 Å². The zero-order valence-electron chi connectivity index (χ0n) is 10.6. The molecule has 1 saturated heterocycles. The summed E-state index contributed by atoms with van der Waals surface area (Å²) in [6.45, 7) is 5.76. The molecule has 3 unspecified atom stereocenters. The highest BCUT2D eigenvalue weighted by Gasteiger charge is 2.44. The maximum absolute atomic E-state index is 6.30. The summed E-state index contributed by atoms with van der Waals surface area (Å²) in [6.07, 6.45) is 6.21. The van der Waals surface area contributed by atoms with E-state index in [1.54, 1.807) is 0 Å². The molecule has 1 spiro atoms. The largest absolute Gasteiger partial charge is 0.377 e. The number of nitrogens with two attached hydrogens (primary N) is 1. The van der Waals surface area contributed by atoms with E-state index in [2.05, 4.69) is 6.92 Å². The second kappa shape index (κ2) is 5.03. The van der Waals surface area contributed by atoms with Crippen molar-refractivity contribution >= 4 is 0 Å². The first kappa shape index (κ1) is 12.3. The highest BCUT2D eigenvalue weighted by atomic mass is 16.5. The molecule has 0 amide bonds. The van der Waals surface area contributed by atoms with Gasteiger partial charge in [-0.3, -0.25) is 0 Å². The van der Waals surface area contributed by atoms with Crippen LogP contribution in [0.2, 0.25) is 0 Å². The highest BCUT2D eigenvalue weighted by Crippen LogP contribution is 2.45. The average Bonchev–Trinajstić information content (AvgIpc) is 2.26. The van der Waals surface area contributed by atoms with Crippen LogP contribution in [0.3, 0.4) is 0 Å². The molecule has 2 fully saturated rings. The molecule has 0 aromatic carbocycles. The van der Waals surface area contributed by atoms with Gasteiger partial charge in [0.15, 0.2) is 0 Å². The van der Waals surface area contributed by atoms with E-state index in [0.29, 0.717) is 5.92 Å². The fraction of sp³-hybridized carbons (Fsp3) is 1.00.